The lowest BCUT2D eigenvalue weighted by Crippen LogP contribution is -2.21. The maximum atomic E-state index is 10.6. The van der Waals surface area contributed by atoms with E-state index in [-0.39, 0.29) is 0 Å². The minimum Gasteiger partial charge on any atom is -0.294 e. The predicted octanol–water partition coefficient (Wildman–Crippen LogP) is 3.59. The zero-order valence-electron chi connectivity index (χ0n) is 10.8. The molecule has 0 heterocycles. The summed E-state index contributed by atoms with van der Waals surface area (Å²) in [4.78, 5) is 0. The van der Waals surface area contributed by atoms with Crippen molar-refractivity contribution in [3.63, 3.8) is 0 Å². The molecule has 0 amide bonds. The Hall–Kier alpha value is 0.0700. The van der Waals surface area contributed by atoms with Gasteiger partial charge in [0, 0.05) is 13.6 Å². The van der Waals surface area contributed by atoms with Gasteiger partial charge in [-0.25, -0.2) is 8.51 Å². The van der Waals surface area contributed by atoms with Crippen LogP contribution in [-0.2, 0) is 11.3 Å². The van der Waals surface area contributed by atoms with E-state index in [2.05, 4.69) is 6.92 Å². The molecule has 3 nitrogen and oxygen atoms in total. The highest BCUT2D eigenvalue weighted by molar-refractivity contribution is 7.76. The summed E-state index contributed by atoms with van der Waals surface area (Å²) in [6, 6.07) is 0. The van der Waals surface area contributed by atoms with Crippen LogP contribution in [0.3, 0.4) is 0 Å². The van der Waals surface area contributed by atoms with Gasteiger partial charge in [-0.05, 0) is 6.42 Å². The third-order valence-corrected chi connectivity index (χ3v) is 3.56. The Morgan fingerprint density at radius 1 is 0.938 bits per heavy atom. The summed E-state index contributed by atoms with van der Waals surface area (Å²) >= 11 is -1.79. The zero-order chi connectivity index (χ0) is 12.2. The highest BCUT2D eigenvalue weighted by Crippen LogP contribution is 2.09. The van der Waals surface area contributed by atoms with E-state index in [9.17, 15) is 4.21 Å². The Bertz CT molecular complexity index is 176. The second-order valence-electron chi connectivity index (χ2n) is 4.41. The number of nitrogens with zero attached hydrogens (tertiary/aromatic N) is 1. The lowest BCUT2D eigenvalue weighted by atomic mass is 10.1. The van der Waals surface area contributed by atoms with E-state index >= 15 is 0 Å². The van der Waals surface area contributed by atoms with Gasteiger partial charge < -0.3 is 0 Å². The molecule has 1 N–H and O–H groups in total. The molecule has 1 unspecified atom stereocenters. The molecule has 4 heteroatoms. The van der Waals surface area contributed by atoms with E-state index in [1.54, 1.807) is 7.05 Å². The first-order valence-corrected chi connectivity index (χ1v) is 7.57. The third-order valence-electron chi connectivity index (χ3n) is 2.84. The summed E-state index contributed by atoms with van der Waals surface area (Å²) in [6.07, 6.45) is 11.6. The summed E-state index contributed by atoms with van der Waals surface area (Å²) in [7, 11) is 1.68. The minimum atomic E-state index is -1.79. The first-order chi connectivity index (χ1) is 7.68. The molecule has 98 valence electrons. The van der Waals surface area contributed by atoms with Crippen LogP contribution in [0.25, 0.3) is 0 Å². The number of hydrogen-bond acceptors (Lipinski definition) is 1. The van der Waals surface area contributed by atoms with Crippen LogP contribution in [0.4, 0.5) is 0 Å². The number of hydrogen-bond donors (Lipinski definition) is 1. The summed E-state index contributed by atoms with van der Waals surface area (Å²) in [5.74, 6) is 0. The van der Waals surface area contributed by atoms with Crippen LogP contribution in [0.15, 0.2) is 0 Å². The van der Waals surface area contributed by atoms with Crippen molar-refractivity contribution >= 4 is 11.3 Å². The Labute approximate surface area is 103 Å². The van der Waals surface area contributed by atoms with Crippen LogP contribution in [0.5, 0.6) is 0 Å². The van der Waals surface area contributed by atoms with Gasteiger partial charge in [0.15, 0.2) is 0 Å². The zero-order valence-corrected chi connectivity index (χ0v) is 11.6. The van der Waals surface area contributed by atoms with Crippen molar-refractivity contribution in [2.24, 2.45) is 0 Å². The first kappa shape index (κ1) is 16.1. The molecule has 0 radical (unpaired) electrons. The lowest BCUT2D eigenvalue weighted by molar-refractivity contribution is 0.431. The average Bonchev–Trinajstić information content (AvgIpc) is 2.26. The normalized spacial score (nSPS) is 13.2. The largest absolute Gasteiger partial charge is 0.294 e. The van der Waals surface area contributed by atoms with E-state index < -0.39 is 11.3 Å². The summed E-state index contributed by atoms with van der Waals surface area (Å²) in [5.41, 5.74) is 0. The molecule has 0 aromatic carbocycles. The molecule has 0 aromatic heterocycles. The highest BCUT2D eigenvalue weighted by Gasteiger charge is 2.02. The van der Waals surface area contributed by atoms with Crippen molar-refractivity contribution in [3.05, 3.63) is 0 Å². The van der Waals surface area contributed by atoms with Crippen molar-refractivity contribution in [3.8, 4) is 0 Å². The molecule has 16 heavy (non-hydrogen) atoms. The molecule has 0 bridgehead atoms. The monoisotopic (exact) mass is 249 g/mol. The predicted molar refractivity (Wildman–Crippen MR) is 70.6 cm³/mol. The molecule has 0 aliphatic heterocycles. The molecule has 0 aliphatic carbocycles. The van der Waals surface area contributed by atoms with Gasteiger partial charge in [0.25, 0.3) is 0 Å². The van der Waals surface area contributed by atoms with Crippen molar-refractivity contribution in [1.29, 1.82) is 0 Å². The van der Waals surface area contributed by atoms with E-state index in [1.807, 2.05) is 0 Å². The standard InChI is InChI=1S/C12H27NO2S/c1-3-4-5-6-7-8-9-10-11-12-13(2)16(14)15/h3-12H2,1-2H3,(H,14,15). The van der Waals surface area contributed by atoms with Crippen molar-refractivity contribution in [1.82, 2.24) is 4.31 Å². The molecule has 0 saturated carbocycles. The molecular weight excluding hydrogens is 222 g/mol. The van der Waals surface area contributed by atoms with Gasteiger partial charge in [0.05, 0.1) is 0 Å². The van der Waals surface area contributed by atoms with Gasteiger partial charge in [-0.3, -0.25) is 4.55 Å². The van der Waals surface area contributed by atoms with Gasteiger partial charge in [0.2, 0.25) is 11.3 Å². The average molecular weight is 249 g/mol. The molecule has 0 aromatic rings. The highest BCUT2D eigenvalue weighted by atomic mass is 32.2. The van der Waals surface area contributed by atoms with Gasteiger partial charge in [0.1, 0.15) is 0 Å². The summed E-state index contributed by atoms with van der Waals surface area (Å²) < 4.78 is 20.8. The first-order valence-electron chi connectivity index (χ1n) is 6.50. The van der Waals surface area contributed by atoms with Crippen LogP contribution in [-0.4, -0.2) is 26.7 Å². The Morgan fingerprint density at radius 2 is 1.38 bits per heavy atom. The Kier molecular flexibility index (Phi) is 11.6. The fourth-order valence-corrected chi connectivity index (χ4v) is 2.01. The van der Waals surface area contributed by atoms with Crippen LogP contribution < -0.4 is 0 Å². The Balaban J connectivity index is 3.07. The van der Waals surface area contributed by atoms with Crippen LogP contribution in [0.2, 0.25) is 0 Å². The van der Waals surface area contributed by atoms with E-state index in [0.717, 1.165) is 13.0 Å². The number of unbranched alkanes of at least 4 members (excludes halogenated alkanes) is 8. The Morgan fingerprint density at radius 3 is 1.81 bits per heavy atom. The fraction of sp³-hybridized carbons (Fsp3) is 1.00. The SMILES string of the molecule is CCCCCCCCCCCN(C)S(=O)O. The summed E-state index contributed by atoms with van der Waals surface area (Å²) in [6.45, 7) is 2.96. The third kappa shape index (κ3) is 10.6. The molecule has 0 aliphatic rings. The second kappa shape index (κ2) is 11.6. The molecule has 0 rings (SSSR count). The van der Waals surface area contributed by atoms with Crippen molar-refractivity contribution in [2.45, 2.75) is 64.7 Å². The van der Waals surface area contributed by atoms with Gasteiger partial charge in [-0.15, -0.1) is 0 Å². The van der Waals surface area contributed by atoms with Gasteiger partial charge in [-0.2, -0.15) is 0 Å². The topological polar surface area (TPSA) is 40.5 Å². The lowest BCUT2D eigenvalue weighted by Gasteiger charge is -2.10. The maximum absolute atomic E-state index is 10.6. The molecule has 0 spiro atoms. The van der Waals surface area contributed by atoms with Crippen LogP contribution in [0.1, 0.15) is 64.7 Å². The molecule has 0 fully saturated rings. The van der Waals surface area contributed by atoms with Crippen LogP contribution in [0, 0.1) is 0 Å². The van der Waals surface area contributed by atoms with E-state index in [0.29, 0.717) is 0 Å². The van der Waals surface area contributed by atoms with Crippen molar-refractivity contribution < 1.29 is 8.76 Å². The molecule has 0 saturated heterocycles. The molecule has 1 atom stereocenters. The van der Waals surface area contributed by atoms with Gasteiger partial charge in [-0.1, -0.05) is 58.3 Å². The smallest absolute Gasteiger partial charge is 0.234 e. The van der Waals surface area contributed by atoms with Gasteiger partial charge >= 0.3 is 0 Å². The van der Waals surface area contributed by atoms with Crippen LogP contribution >= 0.6 is 0 Å². The minimum absolute atomic E-state index is 0.721. The summed E-state index contributed by atoms with van der Waals surface area (Å²) in [5, 5.41) is 0. The quantitative estimate of drug-likeness (QED) is 0.449. The number of rotatable bonds is 11. The van der Waals surface area contributed by atoms with Crippen molar-refractivity contribution in [2.75, 3.05) is 13.6 Å². The second-order valence-corrected chi connectivity index (χ2v) is 5.50. The van der Waals surface area contributed by atoms with E-state index in [4.69, 9.17) is 4.55 Å². The van der Waals surface area contributed by atoms with E-state index in [1.165, 1.54) is 55.7 Å². The fourth-order valence-electron chi connectivity index (χ4n) is 1.72. The maximum Gasteiger partial charge on any atom is 0.234 e. The molecular formula is C12H27NO2S.